The fraction of sp³-hybridized carbons (Fsp3) is 0.455. The monoisotopic (exact) mass is 566 g/mol. The van der Waals surface area contributed by atoms with Gasteiger partial charge in [-0.3, -0.25) is 9.69 Å². The van der Waals surface area contributed by atoms with Crippen LogP contribution in [-0.2, 0) is 24.2 Å². The third kappa shape index (κ3) is 7.61. The zero-order chi connectivity index (χ0) is 29.5. The van der Waals surface area contributed by atoms with Crippen molar-refractivity contribution in [3.8, 4) is 22.8 Å². The molecule has 3 aromatic rings. The van der Waals surface area contributed by atoms with Crippen LogP contribution >= 0.6 is 0 Å². The second-order valence-electron chi connectivity index (χ2n) is 10.8. The number of methoxy groups -OCH3 is 1. The first-order valence-electron chi connectivity index (χ1n) is 14.5. The normalized spacial score (nSPS) is 16.2. The molecule has 0 amide bonds. The average molecular weight is 567 g/mol. The minimum absolute atomic E-state index is 0.233. The quantitative estimate of drug-likeness (QED) is 0.276. The number of carboxylic acids is 1. The van der Waals surface area contributed by atoms with Crippen LogP contribution < -0.4 is 9.47 Å². The fourth-order valence-electron chi connectivity index (χ4n) is 4.90. The topological polar surface area (TPSA) is 71.9 Å². The summed E-state index contributed by atoms with van der Waals surface area (Å²) < 4.78 is 42.7. The maximum Gasteiger partial charge on any atom is 0.306 e. The lowest BCUT2D eigenvalue weighted by molar-refractivity contribution is -0.141. The van der Waals surface area contributed by atoms with Crippen LogP contribution in [0, 0.1) is 17.6 Å². The lowest BCUT2D eigenvalue weighted by Gasteiger charge is -2.29. The van der Waals surface area contributed by atoms with Crippen molar-refractivity contribution in [3.63, 3.8) is 0 Å². The van der Waals surface area contributed by atoms with E-state index >= 15 is 4.39 Å². The molecule has 2 aliphatic rings. The van der Waals surface area contributed by atoms with Crippen LogP contribution in [0.25, 0.3) is 11.1 Å². The predicted octanol–water partition coefficient (Wildman–Crippen LogP) is 7.38. The molecule has 5 rings (SSSR count). The summed E-state index contributed by atoms with van der Waals surface area (Å²) >= 11 is 0. The molecule has 2 aromatic carbocycles. The van der Waals surface area contributed by atoms with E-state index in [0.29, 0.717) is 61.3 Å². The van der Waals surface area contributed by atoms with Gasteiger partial charge in [-0.2, -0.15) is 0 Å². The largest absolute Gasteiger partial charge is 0.485 e. The molecule has 2 heterocycles. The maximum absolute atomic E-state index is 16.3. The lowest BCUT2D eigenvalue weighted by Crippen LogP contribution is -2.24. The minimum Gasteiger partial charge on any atom is -0.485 e. The minimum atomic E-state index is -0.854. The number of aromatic nitrogens is 1. The van der Waals surface area contributed by atoms with E-state index in [-0.39, 0.29) is 11.4 Å². The van der Waals surface area contributed by atoms with Crippen molar-refractivity contribution in [2.24, 2.45) is 5.92 Å². The molecule has 1 aliphatic heterocycles. The summed E-state index contributed by atoms with van der Waals surface area (Å²) in [5.41, 5.74) is 3.39. The third-order valence-corrected chi connectivity index (χ3v) is 7.62. The molecule has 1 N–H and O–H groups in total. The van der Waals surface area contributed by atoms with E-state index in [1.165, 1.54) is 32.4 Å². The summed E-state index contributed by atoms with van der Waals surface area (Å²) in [7, 11) is 1.45. The van der Waals surface area contributed by atoms with Gasteiger partial charge in [-0.15, -0.1) is 0 Å². The van der Waals surface area contributed by atoms with Crippen LogP contribution in [-0.4, -0.2) is 41.2 Å². The van der Waals surface area contributed by atoms with Crippen molar-refractivity contribution in [3.05, 3.63) is 76.5 Å². The Kier molecular flexibility index (Phi) is 10.3. The van der Waals surface area contributed by atoms with E-state index in [1.807, 2.05) is 32.0 Å². The maximum atomic E-state index is 16.3. The molecule has 2 atom stereocenters. The Balaban J connectivity index is 0.00000121. The lowest BCUT2D eigenvalue weighted by atomic mass is 9.91. The van der Waals surface area contributed by atoms with Crippen molar-refractivity contribution >= 4 is 5.97 Å². The molecule has 1 unspecified atom stereocenters. The number of halogens is 2. The zero-order valence-corrected chi connectivity index (χ0v) is 24.4. The highest BCUT2D eigenvalue weighted by Gasteiger charge is 2.28. The number of benzene rings is 2. The molecule has 0 spiro atoms. The Morgan fingerprint density at radius 2 is 1.85 bits per heavy atom. The summed E-state index contributed by atoms with van der Waals surface area (Å²) in [4.78, 5) is 17.3. The SMILES string of the molecule is C1CC1.CCN(CC)Cc1c(-c2cc(OC)ncc2F)ccc([C@H]2CCc3ccc(CC(C)C(=O)O)cc3O2)c1F. The van der Waals surface area contributed by atoms with Gasteiger partial charge in [-0.05, 0) is 55.1 Å². The van der Waals surface area contributed by atoms with Gasteiger partial charge in [0.2, 0.25) is 5.88 Å². The first-order valence-corrected chi connectivity index (χ1v) is 14.5. The number of carbonyl (C=O) groups is 1. The van der Waals surface area contributed by atoms with Crippen LogP contribution in [0.1, 0.15) is 74.8 Å². The van der Waals surface area contributed by atoms with Gasteiger partial charge in [-0.25, -0.2) is 13.8 Å². The Hall–Kier alpha value is -3.52. The molecular weight excluding hydrogens is 526 g/mol. The number of aliphatic carboxylic acids is 1. The number of rotatable bonds is 10. The number of ether oxygens (including phenoxy) is 2. The highest BCUT2D eigenvalue weighted by molar-refractivity contribution is 5.70. The van der Waals surface area contributed by atoms with Gasteiger partial charge in [-0.1, -0.05) is 64.3 Å². The molecule has 6 nitrogen and oxygen atoms in total. The molecule has 8 heteroatoms. The molecule has 1 aliphatic carbocycles. The zero-order valence-electron chi connectivity index (χ0n) is 24.4. The first kappa shape index (κ1) is 30.4. The number of hydrogen-bond acceptors (Lipinski definition) is 5. The van der Waals surface area contributed by atoms with Crippen LogP contribution in [0.2, 0.25) is 0 Å². The number of carboxylic acid groups (broad SMARTS) is 1. The summed E-state index contributed by atoms with van der Waals surface area (Å²) in [5, 5.41) is 9.27. The molecule has 0 bridgehead atoms. The van der Waals surface area contributed by atoms with Gasteiger partial charge in [0.25, 0.3) is 0 Å². The van der Waals surface area contributed by atoms with Crippen LogP contribution in [0.5, 0.6) is 11.6 Å². The number of hydrogen-bond donors (Lipinski definition) is 1. The third-order valence-electron chi connectivity index (χ3n) is 7.62. The summed E-state index contributed by atoms with van der Waals surface area (Å²) in [6.07, 6.45) is 6.75. The number of nitrogens with zero attached hydrogens (tertiary/aromatic N) is 2. The Bertz CT molecular complexity index is 1350. The van der Waals surface area contributed by atoms with Crippen molar-refractivity contribution in [2.45, 2.75) is 71.9 Å². The molecule has 1 saturated carbocycles. The van der Waals surface area contributed by atoms with Gasteiger partial charge in [0.15, 0.2) is 0 Å². The van der Waals surface area contributed by atoms with E-state index in [0.717, 1.165) is 17.3 Å². The highest BCUT2D eigenvalue weighted by atomic mass is 19.1. The van der Waals surface area contributed by atoms with Gasteiger partial charge < -0.3 is 14.6 Å². The smallest absolute Gasteiger partial charge is 0.306 e. The molecule has 0 saturated heterocycles. The first-order chi connectivity index (χ1) is 19.7. The van der Waals surface area contributed by atoms with E-state index in [1.54, 1.807) is 19.1 Å². The van der Waals surface area contributed by atoms with Gasteiger partial charge in [0.05, 0.1) is 19.2 Å². The molecule has 1 aromatic heterocycles. The van der Waals surface area contributed by atoms with E-state index in [2.05, 4.69) is 9.88 Å². The van der Waals surface area contributed by atoms with Crippen LogP contribution in [0.15, 0.2) is 42.6 Å². The van der Waals surface area contributed by atoms with Gasteiger partial charge >= 0.3 is 5.97 Å². The van der Waals surface area contributed by atoms with Gasteiger partial charge in [0.1, 0.15) is 23.5 Å². The number of aryl methyl sites for hydroxylation is 1. The van der Waals surface area contributed by atoms with E-state index in [4.69, 9.17) is 9.47 Å². The average Bonchev–Trinajstić information content (AvgIpc) is 3.86. The van der Waals surface area contributed by atoms with Gasteiger partial charge in [0, 0.05) is 29.3 Å². The molecular formula is C33H40F2N2O4. The van der Waals surface area contributed by atoms with E-state index < -0.39 is 29.6 Å². The highest BCUT2D eigenvalue weighted by Crippen LogP contribution is 2.40. The summed E-state index contributed by atoms with van der Waals surface area (Å²) in [6.45, 7) is 7.42. The fourth-order valence-corrected chi connectivity index (χ4v) is 4.90. The Morgan fingerprint density at radius 1 is 1.12 bits per heavy atom. The Labute approximate surface area is 241 Å². The number of fused-ring (bicyclic) bond motifs is 1. The summed E-state index contributed by atoms with van der Waals surface area (Å²) in [5.74, 6) is -1.44. The van der Waals surface area contributed by atoms with Crippen molar-refractivity contribution in [1.82, 2.24) is 9.88 Å². The predicted molar refractivity (Wildman–Crippen MR) is 155 cm³/mol. The second kappa shape index (κ2) is 13.9. The standard InChI is InChI=1S/C30H34F2N2O4.C3H6/c1-5-34(6-2)17-24-21(23-15-28(37-4)33-16-25(23)31)10-11-22(29(24)32)26-12-9-20-8-7-19(14-27(20)38-26)13-18(3)30(35)36;1-2-3-1/h7-8,10-11,14-16,18,26H,5-6,9,12-13,17H2,1-4H3,(H,35,36);1-3H2/t18?,26-;/m1./s1. The summed E-state index contributed by atoms with van der Waals surface area (Å²) in [6, 6.07) is 10.7. The van der Waals surface area contributed by atoms with E-state index in [9.17, 15) is 14.3 Å². The second-order valence-corrected chi connectivity index (χ2v) is 10.8. The molecule has 220 valence electrons. The van der Waals surface area contributed by atoms with Crippen molar-refractivity contribution in [2.75, 3.05) is 20.2 Å². The van der Waals surface area contributed by atoms with Crippen LogP contribution in [0.3, 0.4) is 0 Å². The molecule has 0 radical (unpaired) electrons. The molecule has 1 fully saturated rings. The van der Waals surface area contributed by atoms with Crippen molar-refractivity contribution < 1.29 is 28.2 Å². The molecule has 41 heavy (non-hydrogen) atoms. The number of pyridine rings is 1. The van der Waals surface area contributed by atoms with Crippen molar-refractivity contribution in [1.29, 1.82) is 0 Å². The Morgan fingerprint density at radius 3 is 2.49 bits per heavy atom. The van der Waals surface area contributed by atoms with Crippen LogP contribution in [0.4, 0.5) is 8.78 Å².